The third-order valence-corrected chi connectivity index (χ3v) is 4.84. The van der Waals surface area contributed by atoms with Gasteiger partial charge in [-0.15, -0.1) is 10.2 Å². The third kappa shape index (κ3) is 3.15. The van der Waals surface area contributed by atoms with Crippen molar-refractivity contribution in [3.63, 3.8) is 0 Å². The van der Waals surface area contributed by atoms with E-state index in [1.54, 1.807) is 41.5 Å². The molecule has 26 heavy (non-hydrogen) atoms. The Morgan fingerprint density at radius 1 is 0.808 bits per heavy atom. The quantitative estimate of drug-likeness (QED) is 0.633. The largest absolute Gasteiger partial charge is 0.298 e. The summed E-state index contributed by atoms with van der Waals surface area (Å²) in [6.45, 7) is 5.71. The van der Waals surface area contributed by atoms with Crippen molar-refractivity contribution in [3.05, 3.63) is 82.4 Å². The van der Waals surface area contributed by atoms with Crippen molar-refractivity contribution in [2.45, 2.75) is 26.3 Å². The van der Waals surface area contributed by atoms with Gasteiger partial charge in [-0.3, -0.25) is 9.36 Å². The van der Waals surface area contributed by atoms with Crippen LogP contribution in [0.5, 0.6) is 0 Å². The van der Waals surface area contributed by atoms with Crippen LogP contribution in [0, 0.1) is 5.41 Å². The average Bonchev–Trinajstić information content (AvgIpc) is 3.12. The van der Waals surface area contributed by atoms with Crippen LogP contribution in [0.4, 0.5) is 0 Å². The van der Waals surface area contributed by atoms with Crippen molar-refractivity contribution < 1.29 is 4.79 Å². The summed E-state index contributed by atoms with van der Waals surface area (Å²) in [7, 11) is 0. The minimum atomic E-state index is -1.13. The van der Waals surface area contributed by atoms with E-state index in [2.05, 4.69) is 10.2 Å². The summed E-state index contributed by atoms with van der Waals surface area (Å²) < 4.78 is 1.74. The fraction of sp³-hybridized carbons (Fsp3) is 0.250. The first-order chi connectivity index (χ1) is 12.3. The monoisotopic (exact) mass is 387 g/mol. The second kappa shape index (κ2) is 6.86. The van der Waals surface area contributed by atoms with Gasteiger partial charge in [-0.1, -0.05) is 68.2 Å². The first-order valence-corrected chi connectivity index (χ1v) is 8.94. The van der Waals surface area contributed by atoms with Gasteiger partial charge in [-0.25, -0.2) is 0 Å². The van der Waals surface area contributed by atoms with Crippen LogP contribution < -0.4 is 0 Å². The Kier molecular flexibility index (Phi) is 4.91. The summed E-state index contributed by atoms with van der Waals surface area (Å²) in [5, 5.41) is 9.10. The van der Waals surface area contributed by atoms with Gasteiger partial charge in [0.1, 0.15) is 12.7 Å². The standard InChI is InChI=1S/C20H19Cl2N3O/c1-19(2,3)18(26)20(25-12-23-24-13-25,14-4-8-16(21)9-5-14)15-6-10-17(22)11-7-15/h4-13H,1-3H3. The van der Waals surface area contributed by atoms with E-state index in [1.165, 1.54) is 0 Å². The van der Waals surface area contributed by atoms with Crippen molar-refractivity contribution >= 4 is 29.0 Å². The number of carbonyl (C=O) groups is 1. The number of hydrogen-bond donors (Lipinski definition) is 0. The molecule has 0 unspecified atom stereocenters. The van der Waals surface area contributed by atoms with Gasteiger partial charge in [0.25, 0.3) is 0 Å². The lowest BCUT2D eigenvalue weighted by molar-refractivity contribution is -0.131. The van der Waals surface area contributed by atoms with E-state index in [-0.39, 0.29) is 5.78 Å². The molecule has 3 rings (SSSR count). The molecule has 0 spiro atoms. The molecule has 0 aliphatic rings. The first-order valence-electron chi connectivity index (χ1n) is 8.18. The van der Waals surface area contributed by atoms with Gasteiger partial charge in [-0.2, -0.15) is 0 Å². The fourth-order valence-electron chi connectivity index (χ4n) is 3.14. The zero-order valence-corrected chi connectivity index (χ0v) is 16.3. The Labute approximate surface area is 162 Å². The highest BCUT2D eigenvalue weighted by molar-refractivity contribution is 6.30. The van der Waals surface area contributed by atoms with E-state index in [4.69, 9.17) is 23.2 Å². The molecule has 0 fully saturated rings. The van der Waals surface area contributed by atoms with Crippen molar-refractivity contribution in [1.82, 2.24) is 14.8 Å². The van der Waals surface area contributed by atoms with E-state index in [9.17, 15) is 4.79 Å². The van der Waals surface area contributed by atoms with E-state index in [0.29, 0.717) is 10.0 Å². The molecule has 134 valence electrons. The molecule has 2 aromatic carbocycles. The van der Waals surface area contributed by atoms with E-state index < -0.39 is 11.0 Å². The Morgan fingerprint density at radius 2 is 1.19 bits per heavy atom. The van der Waals surface area contributed by atoms with Crippen LogP contribution in [0.25, 0.3) is 0 Å². The van der Waals surface area contributed by atoms with Gasteiger partial charge in [0.05, 0.1) is 0 Å². The molecule has 0 saturated heterocycles. The molecule has 0 amide bonds. The summed E-state index contributed by atoms with van der Waals surface area (Å²) in [5.74, 6) is 0.00875. The topological polar surface area (TPSA) is 47.8 Å². The molecule has 3 aromatic rings. The van der Waals surface area contributed by atoms with Crippen LogP contribution in [-0.4, -0.2) is 20.5 Å². The summed E-state index contributed by atoms with van der Waals surface area (Å²) in [6, 6.07) is 14.6. The molecular formula is C20H19Cl2N3O. The Bertz CT molecular complexity index is 850. The second-order valence-electron chi connectivity index (χ2n) is 7.17. The van der Waals surface area contributed by atoms with Crippen molar-refractivity contribution in [2.24, 2.45) is 5.41 Å². The molecular weight excluding hydrogens is 369 g/mol. The smallest absolute Gasteiger partial charge is 0.173 e. The lowest BCUT2D eigenvalue weighted by Gasteiger charge is -2.39. The number of rotatable bonds is 4. The predicted molar refractivity (Wildman–Crippen MR) is 104 cm³/mol. The van der Waals surface area contributed by atoms with Crippen molar-refractivity contribution in [1.29, 1.82) is 0 Å². The maximum atomic E-state index is 13.8. The number of nitrogens with zero attached hydrogens (tertiary/aromatic N) is 3. The highest BCUT2D eigenvalue weighted by Crippen LogP contribution is 2.41. The maximum absolute atomic E-state index is 13.8. The summed E-state index contributed by atoms with van der Waals surface area (Å²) in [4.78, 5) is 13.8. The molecule has 4 nitrogen and oxygen atoms in total. The second-order valence-corrected chi connectivity index (χ2v) is 8.05. The van der Waals surface area contributed by atoms with Gasteiger partial charge < -0.3 is 0 Å². The van der Waals surface area contributed by atoms with Crippen LogP contribution in [0.1, 0.15) is 31.9 Å². The Balaban J connectivity index is 2.40. The molecule has 6 heteroatoms. The molecule has 0 saturated carbocycles. The first kappa shape index (κ1) is 18.6. The highest BCUT2D eigenvalue weighted by Gasteiger charge is 2.48. The van der Waals surface area contributed by atoms with E-state index in [0.717, 1.165) is 11.1 Å². The fourth-order valence-corrected chi connectivity index (χ4v) is 3.40. The molecule has 0 aliphatic heterocycles. The zero-order valence-electron chi connectivity index (χ0n) is 14.8. The van der Waals surface area contributed by atoms with Gasteiger partial charge in [0, 0.05) is 15.5 Å². The molecule has 0 bridgehead atoms. The summed E-state index contributed by atoms with van der Waals surface area (Å²) in [6.07, 6.45) is 3.12. The summed E-state index contributed by atoms with van der Waals surface area (Å²) in [5.41, 5.74) is -0.187. The van der Waals surface area contributed by atoms with Crippen LogP contribution in [-0.2, 0) is 10.3 Å². The normalized spacial score (nSPS) is 12.2. The zero-order chi connectivity index (χ0) is 18.9. The number of hydrogen-bond acceptors (Lipinski definition) is 3. The van der Waals surface area contributed by atoms with Crippen LogP contribution in [0.15, 0.2) is 61.2 Å². The van der Waals surface area contributed by atoms with Gasteiger partial charge in [0.15, 0.2) is 11.3 Å². The minimum absolute atomic E-state index is 0.00875. The number of ketones is 1. The maximum Gasteiger partial charge on any atom is 0.173 e. The van der Waals surface area contributed by atoms with E-state index in [1.807, 2.05) is 45.0 Å². The molecule has 0 N–H and O–H groups in total. The number of carbonyl (C=O) groups excluding carboxylic acids is 1. The van der Waals surface area contributed by atoms with E-state index >= 15 is 0 Å². The summed E-state index contributed by atoms with van der Waals surface area (Å²) >= 11 is 12.2. The lowest BCUT2D eigenvalue weighted by atomic mass is 9.70. The molecule has 0 aliphatic carbocycles. The molecule has 1 aromatic heterocycles. The SMILES string of the molecule is CC(C)(C)C(=O)C(c1ccc(Cl)cc1)(c1ccc(Cl)cc1)n1cnnc1. The van der Waals surface area contributed by atoms with Gasteiger partial charge in [0.2, 0.25) is 0 Å². The minimum Gasteiger partial charge on any atom is -0.298 e. The Hall–Kier alpha value is -2.17. The third-order valence-electron chi connectivity index (χ3n) is 4.34. The predicted octanol–water partition coefficient (Wildman–Crippen LogP) is 4.99. The lowest BCUT2D eigenvalue weighted by Crippen LogP contribution is -2.49. The molecule has 1 heterocycles. The highest BCUT2D eigenvalue weighted by atomic mass is 35.5. The number of halogens is 2. The van der Waals surface area contributed by atoms with Crippen LogP contribution in [0.3, 0.4) is 0 Å². The van der Waals surface area contributed by atoms with Gasteiger partial charge >= 0.3 is 0 Å². The number of aromatic nitrogens is 3. The number of Topliss-reactive ketones (excluding diaryl/α,β-unsaturated/α-hetero) is 1. The Morgan fingerprint density at radius 3 is 1.54 bits per heavy atom. The average molecular weight is 388 g/mol. The van der Waals surface area contributed by atoms with Crippen LogP contribution >= 0.6 is 23.2 Å². The number of benzene rings is 2. The van der Waals surface area contributed by atoms with Crippen molar-refractivity contribution in [3.8, 4) is 0 Å². The van der Waals surface area contributed by atoms with Gasteiger partial charge in [-0.05, 0) is 35.4 Å². The van der Waals surface area contributed by atoms with Crippen molar-refractivity contribution in [2.75, 3.05) is 0 Å². The molecule has 0 radical (unpaired) electrons. The van der Waals surface area contributed by atoms with Crippen LogP contribution in [0.2, 0.25) is 10.0 Å². The molecule has 0 atom stereocenters.